The van der Waals surface area contributed by atoms with E-state index < -0.39 is 5.67 Å². The number of hydrogen-bond acceptors (Lipinski definition) is 0. The van der Waals surface area contributed by atoms with E-state index in [4.69, 9.17) is 0 Å². The predicted molar refractivity (Wildman–Crippen MR) is 66.8 cm³/mol. The second-order valence-corrected chi connectivity index (χ2v) is 6.34. The molecule has 0 aromatic carbocycles. The summed E-state index contributed by atoms with van der Waals surface area (Å²) < 4.78 is 13.4. The summed E-state index contributed by atoms with van der Waals surface area (Å²) in [5.74, 6) is 2.09. The van der Waals surface area contributed by atoms with Gasteiger partial charge in [-0.25, -0.2) is 4.39 Å². The van der Waals surface area contributed by atoms with Gasteiger partial charge in [-0.1, -0.05) is 40.5 Å². The first-order chi connectivity index (χ1) is 6.70. The smallest absolute Gasteiger partial charge is 0.105 e. The summed E-state index contributed by atoms with van der Waals surface area (Å²) in [5, 5.41) is 0. The molecule has 2 atom stereocenters. The van der Waals surface area contributed by atoms with E-state index in [1.807, 2.05) is 0 Å². The maximum atomic E-state index is 13.4. The third-order valence-corrected chi connectivity index (χ3v) is 2.86. The monoisotopic (exact) mass is 216 g/mol. The first-order valence-corrected chi connectivity index (χ1v) is 6.39. The van der Waals surface area contributed by atoms with Gasteiger partial charge in [0, 0.05) is 0 Å². The van der Waals surface area contributed by atoms with Crippen molar-refractivity contribution in [2.24, 2.45) is 17.8 Å². The van der Waals surface area contributed by atoms with Gasteiger partial charge in [-0.3, -0.25) is 0 Å². The molecule has 0 radical (unpaired) electrons. The Kier molecular flexibility index (Phi) is 6.47. The van der Waals surface area contributed by atoms with Crippen molar-refractivity contribution in [3.63, 3.8) is 0 Å². The van der Waals surface area contributed by atoms with Gasteiger partial charge >= 0.3 is 0 Å². The lowest BCUT2D eigenvalue weighted by molar-refractivity contribution is 0.166. The van der Waals surface area contributed by atoms with Gasteiger partial charge in [0.1, 0.15) is 5.67 Å². The summed E-state index contributed by atoms with van der Waals surface area (Å²) in [5.41, 5.74) is -0.999. The molecule has 0 nitrogen and oxygen atoms in total. The summed E-state index contributed by atoms with van der Waals surface area (Å²) in [7, 11) is 0. The van der Waals surface area contributed by atoms with Crippen molar-refractivity contribution < 1.29 is 4.39 Å². The Morgan fingerprint density at radius 1 is 0.933 bits per heavy atom. The summed E-state index contributed by atoms with van der Waals surface area (Å²) in [6, 6.07) is 0. The maximum absolute atomic E-state index is 13.4. The lowest BCUT2D eigenvalue weighted by Gasteiger charge is -2.21. The minimum absolute atomic E-state index is 0.514. The molecule has 0 saturated carbocycles. The van der Waals surface area contributed by atoms with Crippen LogP contribution in [0, 0.1) is 17.8 Å². The third kappa shape index (κ3) is 10.2. The highest BCUT2D eigenvalue weighted by Gasteiger charge is 2.19. The van der Waals surface area contributed by atoms with Crippen LogP contribution < -0.4 is 0 Å². The van der Waals surface area contributed by atoms with E-state index in [1.54, 1.807) is 13.8 Å². The van der Waals surface area contributed by atoms with Gasteiger partial charge in [-0.15, -0.1) is 0 Å². The molecule has 0 bridgehead atoms. The zero-order valence-corrected chi connectivity index (χ0v) is 11.4. The van der Waals surface area contributed by atoms with Crippen LogP contribution in [0.3, 0.4) is 0 Å². The molecule has 0 heterocycles. The minimum Gasteiger partial charge on any atom is -0.244 e. The molecule has 15 heavy (non-hydrogen) atoms. The van der Waals surface area contributed by atoms with E-state index >= 15 is 0 Å². The van der Waals surface area contributed by atoms with Crippen LogP contribution in [0.4, 0.5) is 4.39 Å². The molecule has 0 aliphatic heterocycles. The standard InChI is InChI=1S/C14H29F/c1-11(2)9-12(3)7-8-13(4)10-14(5,6)15/h11-13H,7-10H2,1-6H3. The molecule has 0 rings (SSSR count). The van der Waals surface area contributed by atoms with Gasteiger partial charge < -0.3 is 0 Å². The van der Waals surface area contributed by atoms with E-state index in [-0.39, 0.29) is 0 Å². The van der Waals surface area contributed by atoms with Crippen molar-refractivity contribution in [1.29, 1.82) is 0 Å². The first kappa shape index (κ1) is 14.9. The van der Waals surface area contributed by atoms with E-state index in [1.165, 1.54) is 19.3 Å². The molecule has 92 valence electrons. The van der Waals surface area contributed by atoms with E-state index in [0.29, 0.717) is 12.3 Å². The Balaban J connectivity index is 3.66. The third-order valence-electron chi connectivity index (χ3n) is 2.86. The van der Waals surface area contributed by atoms with E-state index in [0.717, 1.165) is 11.8 Å². The number of hydrogen-bond donors (Lipinski definition) is 0. The van der Waals surface area contributed by atoms with Crippen LogP contribution in [0.15, 0.2) is 0 Å². The van der Waals surface area contributed by atoms with Gasteiger partial charge in [0.05, 0.1) is 0 Å². The Labute approximate surface area is 95.6 Å². The van der Waals surface area contributed by atoms with Crippen molar-refractivity contribution in [3.8, 4) is 0 Å². The summed E-state index contributed by atoms with van der Waals surface area (Å²) >= 11 is 0. The summed E-state index contributed by atoms with van der Waals surface area (Å²) in [6.45, 7) is 12.4. The molecule has 0 aromatic heterocycles. The van der Waals surface area contributed by atoms with Crippen molar-refractivity contribution in [2.45, 2.75) is 72.9 Å². The fourth-order valence-electron chi connectivity index (χ4n) is 2.42. The van der Waals surface area contributed by atoms with E-state index in [9.17, 15) is 4.39 Å². The second-order valence-electron chi connectivity index (χ2n) is 6.34. The van der Waals surface area contributed by atoms with Gasteiger partial charge in [-0.2, -0.15) is 0 Å². The van der Waals surface area contributed by atoms with Crippen molar-refractivity contribution in [1.82, 2.24) is 0 Å². The van der Waals surface area contributed by atoms with Crippen molar-refractivity contribution >= 4 is 0 Å². The molecule has 0 aliphatic carbocycles. The van der Waals surface area contributed by atoms with Gasteiger partial charge in [0.15, 0.2) is 0 Å². The van der Waals surface area contributed by atoms with Gasteiger partial charge in [-0.05, 0) is 44.4 Å². The SMILES string of the molecule is CC(C)CC(C)CCC(C)CC(C)(C)F. The average molecular weight is 216 g/mol. The zero-order chi connectivity index (χ0) is 12.1. The Hall–Kier alpha value is -0.0700. The van der Waals surface area contributed by atoms with Crippen LogP contribution in [-0.2, 0) is 0 Å². The Morgan fingerprint density at radius 3 is 1.80 bits per heavy atom. The number of alkyl halides is 1. The molecule has 0 amide bonds. The largest absolute Gasteiger partial charge is 0.244 e. The molecule has 0 saturated heterocycles. The van der Waals surface area contributed by atoms with Crippen LogP contribution in [-0.4, -0.2) is 5.67 Å². The molecule has 0 fully saturated rings. The predicted octanol–water partition coefficient (Wildman–Crippen LogP) is 5.22. The molecule has 0 N–H and O–H groups in total. The lowest BCUT2D eigenvalue weighted by atomic mass is 9.87. The van der Waals surface area contributed by atoms with Crippen LogP contribution in [0.25, 0.3) is 0 Å². The quantitative estimate of drug-likeness (QED) is 0.547. The van der Waals surface area contributed by atoms with Crippen molar-refractivity contribution in [2.75, 3.05) is 0 Å². The number of halogens is 1. The fourth-order valence-corrected chi connectivity index (χ4v) is 2.42. The maximum Gasteiger partial charge on any atom is 0.105 e. The Bertz CT molecular complexity index is 155. The molecule has 2 unspecified atom stereocenters. The molecule has 1 heteroatoms. The highest BCUT2D eigenvalue weighted by molar-refractivity contribution is 4.70. The van der Waals surface area contributed by atoms with Gasteiger partial charge in [0.2, 0.25) is 0 Å². The number of rotatable bonds is 7. The Morgan fingerprint density at radius 2 is 1.40 bits per heavy atom. The lowest BCUT2D eigenvalue weighted by Crippen LogP contribution is -2.17. The zero-order valence-electron chi connectivity index (χ0n) is 11.4. The molecule has 0 spiro atoms. The second kappa shape index (κ2) is 6.50. The van der Waals surface area contributed by atoms with E-state index in [2.05, 4.69) is 27.7 Å². The topological polar surface area (TPSA) is 0 Å². The van der Waals surface area contributed by atoms with Crippen LogP contribution in [0.1, 0.15) is 67.2 Å². The normalized spacial score (nSPS) is 16.8. The van der Waals surface area contributed by atoms with Crippen molar-refractivity contribution in [3.05, 3.63) is 0 Å². The fraction of sp³-hybridized carbons (Fsp3) is 1.00. The molecular weight excluding hydrogens is 187 g/mol. The summed E-state index contributed by atoms with van der Waals surface area (Å²) in [4.78, 5) is 0. The molecule has 0 aromatic rings. The molecular formula is C14H29F. The highest BCUT2D eigenvalue weighted by atomic mass is 19.1. The van der Waals surface area contributed by atoms with Crippen LogP contribution >= 0.6 is 0 Å². The van der Waals surface area contributed by atoms with Crippen LogP contribution in [0.2, 0.25) is 0 Å². The van der Waals surface area contributed by atoms with Crippen LogP contribution in [0.5, 0.6) is 0 Å². The highest BCUT2D eigenvalue weighted by Crippen LogP contribution is 2.26. The molecule has 0 aliphatic rings. The summed E-state index contributed by atoms with van der Waals surface area (Å²) in [6.07, 6.45) is 4.41. The average Bonchev–Trinajstić information content (AvgIpc) is 1.96. The van der Waals surface area contributed by atoms with Gasteiger partial charge in [0.25, 0.3) is 0 Å². The first-order valence-electron chi connectivity index (χ1n) is 6.39. The minimum atomic E-state index is -0.999.